The SMILES string of the molecule is Cc1cc(C(=O)O)cc(C)c1-c1ccc(-c2c(C)cc(C(=O)O)cc2C)cc1. The number of rotatable bonds is 4. The number of aryl methyl sites for hydroxylation is 4. The van der Waals surface area contributed by atoms with Gasteiger partial charge in [-0.05, 0) is 96.5 Å². The van der Waals surface area contributed by atoms with Crippen LogP contribution in [0.1, 0.15) is 43.0 Å². The van der Waals surface area contributed by atoms with E-state index < -0.39 is 11.9 Å². The predicted molar refractivity (Wildman–Crippen MR) is 110 cm³/mol. The molecule has 0 aliphatic heterocycles. The van der Waals surface area contributed by atoms with Crippen molar-refractivity contribution >= 4 is 11.9 Å². The first-order valence-electron chi connectivity index (χ1n) is 8.99. The van der Waals surface area contributed by atoms with Gasteiger partial charge < -0.3 is 10.2 Å². The van der Waals surface area contributed by atoms with Gasteiger partial charge in [0, 0.05) is 0 Å². The van der Waals surface area contributed by atoms with Crippen molar-refractivity contribution in [2.24, 2.45) is 0 Å². The lowest BCUT2D eigenvalue weighted by atomic mass is 9.90. The van der Waals surface area contributed by atoms with Crippen molar-refractivity contribution in [1.29, 1.82) is 0 Å². The summed E-state index contributed by atoms with van der Waals surface area (Å²) in [5, 5.41) is 18.5. The molecule has 0 saturated carbocycles. The van der Waals surface area contributed by atoms with Gasteiger partial charge in [0.2, 0.25) is 0 Å². The van der Waals surface area contributed by atoms with Gasteiger partial charge in [-0.1, -0.05) is 24.3 Å². The molecule has 0 aliphatic carbocycles. The van der Waals surface area contributed by atoms with Crippen LogP contribution in [0, 0.1) is 27.7 Å². The molecule has 28 heavy (non-hydrogen) atoms. The maximum Gasteiger partial charge on any atom is 0.335 e. The fraction of sp³-hybridized carbons (Fsp3) is 0.167. The van der Waals surface area contributed by atoms with Crippen LogP contribution in [0.2, 0.25) is 0 Å². The molecule has 0 aliphatic rings. The topological polar surface area (TPSA) is 74.6 Å². The highest BCUT2D eigenvalue weighted by atomic mass is 16.4. The Balaban J connectivity index is 2.04. The number of carboxylic acid groups (broad SMARTS) is 2. The molecule has 0 fully saturated rings. The fourth-order valence-corrected chi connectivity index (χ4v) is 3.89. The van der Waals surface area contributed by atoms with Gasteiger partial charge in [-0.15, -0.1) is 0 Å². The third-order valence-corrected chi connectivity index (χ3v) is 5.02. The Hall–Kier alpha value is -3.40. The van der Waals surface area contributed by atoms with Crippen LogP contribution in [0.25, 0.3) is 22.3 Å². The Bertz CT molecular complexity index is 958. The van der Waals surface area contributed by atoms with Crippen LogP contribution < -0.4 is 0 Å². The largest absolute Gasteiger partial charge is 0.478 e. The van der Waals surface area contributed by atoms with Gasteiger partial charge in [0.05, 0.1) is 11.1 Å². The molecule has 0 heterocycles. The predicted octanol–water partition coefficient (Wildman–Crippen LogP) is 5.65. The lowest BCUT2D eigenvalue weighted by Crippen LogP contribution is -2.00. The van der Waals surface area contributed by atoms with Crippen molar-refractivity contribution in [2.75, 3.05) is 0 Å². The molecule has 3 rings (SSSR count). The smallest absolute Gasteiger partial charge is 0.335 e. The maximum atomic E-state index is 11.2. The van der Waals surface area contributed by atoms with Gasteiger partial charge in [-0.2, -0.15) is 0 Å². The number of carbonyl (C=O) groups is 2. The molecule has 0 atom stereocenters. The minimum atomic E-state index is -0.927. The molecule has 0 bridgehead atoms. The molecule has 2 N–H and O–H groups in total. The Kier molecular flexibility index (Phi) is 5.06. The van der Waals surface area contributed by atoms with Crippen molar-refractivity contribution in [3.63, 3.8) is 0 Å². The zero-order valence-corrected chi connectivity index (χ0v) is 16.3. The molecule has 0 amide bonds. The van der Waals surface area contributed by atoms with Crippen molar-refractivity contribution < 1.29 is 19.8 Å². The molecule has 0 spiro atoms. The zero-order chi connectivity index (χ0) is 20.6. The van der Waals surface area contributed by atoms with E-state index in [4.69, 9.17) is 0 Å². The Labute approximate surface area is 164 Å². The maximum absolute atomic E-state index is 11.2. The second kappa shape index (κ2) is 7.31. The zero-order valence-electron chi connectivity index (χ0n) is 16.3. The summed E-state index contributed by atoms with van der Waals surface area (Å²) < 4.78 is 0. The normalized spacial score (nSPS) is 10.7. The molecule has 3 aromatic carbocycles. The van der Waals surface area contributed by atoms with Gasteiger partial charge in [0.25, 0.3) is 0 Å². The molecular weight excluding hydrogens is 352 g/mol. The minimum absolute atomic E-state index is 0.292. The number of hydrogen-bond donors (Lipinski definition) is 2. The van der Waals surface area contributed by atoms with Crippen LogP contribution in [0.3, 0.4) is 0 Å². The van der Waals surface area contributed by atoms with Crippen LogP contribution in [-0.4, -0.2) is 22.2 Å². The summed E-state index contributed by atoms with van der Waals surface area (Å²) in [5.74, 6) is -1.85. The first kappa shape index (κ1) is 19.4. The van der Waals surface area contributed by atoms with Gasteiger partial charge in [-0.25, -0.2) is 9.59 Å². The molecule has 0 aromatic heterocycles. The van der Waals surface area contributed by atoms with Crippen LogP contribution in [-0.2, 0) is 0 Å². The summed E-state index contributed by atoms with van der Waals surface area (Å²) in [6.45, 7) is 7.67. The number of aromatic carboxylic acids is 2. The van der Waals surface area contributed by atoms with E-state index >= 15 is 0 Å². The van der Waals surface area contributed by atoms with E-state index in [2.05, 4.69) is 0 Å². The highest BCUT2D eigenvalue weighted by molar-refractivity contribution is 5.91. The highest BCUT2D eigenvalue weighted by Gasteiger charge is 2.14. The fourth-order valence-electron chi connectivity index (χ4n) is 3.89. The number of benzene rings is 3. The third-order valence-electron chi connectivity index (χ3n) is 5.02. The first-order chi connectivity index (χ1) is 13.2. The molecule has 142 valence electrons. The standard InChI is InChI=1S/C24H22O4/c1-13-9-19(23(25)26)10-14(2)21(13)17-5-7-18(8-6-17)22-15(3)11-20(24(27)28)12-16(22)4/h5-12H,1-4H3,(H,25,26)(H,27,28). The summed E-state index contributed by atoms with van der Waals surface area (Å²) in [5.41, 5.74) is 8.37. The highest BCUT2D eigenvalue weighted by Crippen LogP contribution is 2.33. The average molecular weight is 374 g/mol. The molecule has 0 radical (unpaired) electrons. The minimum Gasteiger partial charge on any atom is -0.478 e. The van der Waals surface area contributed by atoms with Crippen LogP contribution in [0.5, 0.6) is 0 Å². The van der Waals surface area contributed by atoms with Gasteiger partial charge >= 0.3 is 11.9 Å². The van der Waals surface area contributed by atoms with E-state index in [0.29, 0.717) is 11.1 Å². The van der Waals surface area contributed by atoms with Crippen LogP contribution >= 0.6 is 0 Å². The van der Waals surface area contributed by atoms with E-state index in [1.807, 2.05) is 52.0 Å². The summed E-state index contributed by atoms with van der Waals surface area (Å²) >= 11 is 0. The summed E-state index contributed by atoms with van der Waals surface area (Å²) in [6.07, 6.45) is 0. The first-order valence-corrected chi connectivity index (χ1v) is 8.99. The molecule has 0 saturated heterocycles. The van der Waals surface area contributed by atoms with E-state index in [-0.39, 0.29) is 0 Å². The Morgan fingerprint density at radius 2 is 0.821 bits per heavy atom. The molecule has 4 nitrogen and oxygen atoms in total. The van der Waals surface area contributed by atoms with Crippen molar-refractivity contribution in [2.45, 2.75) is 27.7 Å². The summed E-state index contributed by atoms with van der Waals surface area (Å²) in [4.78, 5) is 22.5. The molecular formula is C24H22O4. The molecule has 4 heteroatoms. The summed E-state index contributed by atoms with van der Waals surface area (Å²) in [6, 6.07) is 14.9. The van der Waals surface area contributed by atoms with E-state index in [1.165, 1.54) is 0 Å². The second-order valence-electron chi connectivity index (χ2n) is 7.16. The average Bonchev–Trinajstić information content (AvgIpc) is 2.61. The Morgan fingerprint density at radius 1 is 0.571 bits per heavy atom. The second-order valence-corrected chi connectivity index (χ2v) is 7.16. The van der Waals surface area contributed by atoms with Crippen molar-refractivity contribution in [3.05, 3.63) is 81.9 Å². The van der Waals surface area contributed by atoms with E-state index in [0.717, 1.165) is 44.5 Å². The Morgan fingerprint density at radius 3 is 1.04 bits per heavy atom. The lowest BCUT2D eigenvalue weighted by molar-refractivity contribution is 0.0686. The number of hydrogen-bond acceptors (Lipinski definition) is 2. The summed E-state index contributed by atoms with van der Waals surface area (Å²) in [7, 11) is 0. The third kappa shape index (κ3) is 3.54. The van der Waals surface area contributed by atoms with Gasteiger partial charge in [0.1, 0.15) is 0 Å². The van der Waals surface area contributed by atoms with Crippen molar-refractivity contribution in [3.8, 4) is 22.3 Å². The van der Waals surface area contributed by atoms with E-state index in [1.54, 1.807) is 24.3 Å². The van der Waals surface area contributed by atoms with Crippen LogP contribution in [0.15, 0.2) is 48.5 Å². The van der Waals surface area contributed by atoms with Gasteiger partial charge in [-0.3, -0.25) is 0 Å². The van der Waals surface area contributed by atoms with Gasteiger partial charge in [0.15, 0.2) is 0 Å². The number of carboxylic acids is 2. The van der Waals surface area contributed by atoms with Crippen molar-refractivity contribution in [1.82, 2.24) is 0 Å². The monoisotopic (exact) mass is 374 g/mol. The molecule has 3 aromatic rings. The van der Waals surface area contributed by atoms with Crippen LogP contribution in [0.4, 0.5) is 0 Å². The quantitative estimate of drug-likeness (QED) is 0.619. The molecule has 0 unspecified atom stereocenters. The lowest BCUT2D eigenvalue weighted by Gasteiger charge is -2.14. The van der Waals surface area contributed by atoms with E-state index in [9.17, 15) is 19.8 Å².